The summed E-state index contributed by atoms with van der Waals surface area (Å²) in [5, 5.41) is 2.92. The van der Waals surface area contributed by atoms with Gasteiger partial charge in [-0.3, -0.25) is 9.52 Å². The van der Waals surface area contributed by atoms with Gasteiger partial charge in [-0.2, -0.15) is 0 Å². The van der Waals surface area contributed by atoms with E-state index in [1.54, 1.807) is 48.5 Å². The number of carbonyl (C=O) groups is 1. The molecule has 0 aliphatic carbocycles. The summed E-state index contributed by atoms with van der Waals surface area (Å²) in [6.07, 6.45) is 1.64. The summed E-state index contributed by atoms with van der Waals surface area (Å²) in [5.74, 6) is 0.170. The van der Waals surface area contributed by atoms with Gasteiger partial charge in [0.1, 0.15) is 12.4 Å². The average molecular weight is 443 g/mol. The van der Waals surface area contributed by atoms with Gasteiger partial charge >= 0.3 is 0 Å². The minimum absolute atomic E-state index is 0.115. The zero-order valence-electron chi connectivity index (χ0n) is 15.8. The highest BCUT2D eigenvalue weighted by atomic mass is 35.5. The predicted molar refractivity (Wildman–Crippen MR) is 119 cm³/mol. The topological polar surface area (TPSA) is 84.5 Å². The Labute approximate surface area is 180 Å². The number of amides is 1. The zero-order chi connectivity index (χ0) is 21.6. The van der Waals surface area contributed by atoms with Crippen LogP contribution in [0.4, 0.5) is 11.4 Å². The molecule has 1 amide bonds. The molecule has 0 aromatic heterocycles. The number of hydrogen-bond acceptors (Lipinski definition) is 4. The molecule has 0 radical (unpaired) electrons. The van der Waals surface area contributed by atoms with Crippen molar-refractivity contribution in [2.75, 3.05) is 16.6 Å². The van der Waals surface area contributed by atoms with E-state index in [0.717, 1.165) is 0 Å². The number of carbonyl (C=O) groups excluding carboxylic acids is 1. The van der Waals surface area contributed by atoms with Crippen LogP contribution in [0, 0.1) is 0 Å². The van der Waals surface area contributed by atoms with E-state index in [2.05, 4.69) is 16.6 Å². The molecule has 0 aliphatic heterocycles. The summed E-state index contributed by atoms with van der Waals surface area (Å²) < 4.78 is 32.9. The second-order valence-corrected chi connectivity index (χ2v) is 8.28. The van der Waals surface area contributed by atoms with Crippen molar-refractivity contribution in [2.45, 2.75) is 4.90 Å². The second-order valence-electron chi connectivity index (χ2n) is 6.19. The number of benzene rings is 3. The minimum Gasteiger partial charge on any atom is -0.490 e. The highest BCUT2D eigenvalue weighted by Crippen LogP contribution is 2.24. The van der Waals surface area contributed by atoms with E-state index in [0.29, 0.717) is 18.0 Å². The molecule has 0 heterocycles. The largest absolute Gasteiger partial charge is 0.490 e. The third-order valence-corrected chi connectivity index (χ3v) is 5.72. The average Bonchev–Trinajstić information content (AvgIpc) is 2.75. The van der Waals surface area contributed by atoms with Crippen LogP contribution in [0.5, 0.6) is 5.75 Å². The number of hydrogen-bond donors (Lipinski definition) is 2. The highest BCUT2D eigenvalue weighted by Gasteiger charge is 2.17. The van der Waals surface area contributed by atoms with Gasteiger partial charge in [0, 0.05) is 11.4 Å². The van der Waals surface area contributed by atoms with Gasteiger partial charge in [0.2, 0.25) is 0 Å². The van der Waals surface area contributed by atoms with Crippen molar-refractivity contribution in [1.82, 2.24) is 0 Å². The monoisotopic (exact) mass is 442 g/mol. The summed E-state index contributed by atoms with van der Waals surface area (Å²) in [4.78, 5) is 12.8. The van der Waals surface area contributed by atoms with Crippen LogP contribution < -0.4 is 14.8 Å². The number of anilines is 2. The Balaban J connectivity index is 1.76. The van der Waals surface area contributed by atoms with E-state index in [1.807, 2.05) is 0 Å². The quantitative estimate of drug-likeness (QED) is 0.483. The first-order chi connectivity index (χ1) is 14.4. The lowest BCUT2D eigenvalue weighted by molar-refractivity contribution is 0.102. The van der Waals surface area contributed by atoms with E-state index in [1.165, 1.54) is 30.3 Å². The molecule has 3 rings (SSSR count). The van der Waals surface area contributed by atoms with Crippen molar-refractivity contribution in [3.63, 3.8) is 0 Å². The zero-order valence-corrected chi connectivity index (χ0v) is 17.4. The smallest absolute Gasteiger partial charge is 0.261 e. The lowest BCUT2D eigenvalue weighted by Crippen LogP contribution is -2.15. The molecular formula is C22H19ClN2O4S. The summed E-state index contributed by atoms with van der Waals surface area (Å²) >= 11 is 6.16. The maximum Gasteiger partial charge on any atom is 0.261 e. The molecule has 3 aromatic rings. The fraction of sp³-hybridized carbons (Fsp3) is 0.0455. The Bertz CT molecular complexity index is 1150. The number of ether oxygens (including phenoxy) is 1. The minimum atomic E-state index is -3.79. The van der Waals surface area contributed by atoms with E-state index in [4.69, 9.17) is 16.3 Å². The maximum atomic E-state index is 12.7. The van der Waals surface area contributed by atoms with Crippen molar-refractivity contribution in [3.05, 3.63) is 96.0 Å². The molecule has 0 unspecified atom stereocenters. The van der Waals surface area contributed by atoms with Gasteiger partial charge in [-0.15, -0.1) is 0 Å². The predicted octanol–water partition coefficient (Wildman–Crippen LogP) is 4.96. The number of halogens is 1. The Morgan fingerprint density at radius 3 is 2.33 bits per heavy atom. The standard InChI is InChI=1S/C22H19ClN2O4S/c1-2-14-29-18-11-8-16(9-12-18)24-22(26)20-15-17(10-13-21(20)23)25-30(27,28)19-6-4-3-5-7-19/h2-13,15,25H,1,14H2,(H,24,26). The first-order valence-corrected chi connectivity index (χ1v) is 10.8. The van der Waals surface area contributed by atoms with Gasteiger partial charge in [-0.1, -0.05) is 42.5 Å². The first kappa shape index (κ1) is 21.4. The SMILES string of the molecule is C=CCOc1ccc(NC(=O)c2cc(NS(=O)(=O)c3ccccc3)ccc2Cl)cc1. The van der Waals surface area contributed by atoms with Crippen LogP contribution in [-0.2, 0) is 10.0 Å². The molecule has 0 bridgehead atoms. The fourth-order valence-electron chi connectivity index (χ4n) is 2.56. The molecule has 0 spiro atoms. The van der Waals surface area contributed by atoms with Crippen LogP contribution in [0.2, 0.25) is 5.02 Å². The van der Waals surface area contributed by atoms with Crippen molar-refractivity contribution in [1.29, 1.82) is 0 Å². The molecule has 0 saturated heterocycles. The van der Waals surface area contributed by atoms with Gasteiger partial charge in [0.25, 0.3) is 15.9 Å². The maximum absolute atomic E-state index is 12.7. The van der Waals surface area contributed by atoms with Crippen LogP contribution in [0.15, 0.2) is 90.3 Å². The molecule has 0 aliphatic rings. The molecule has 0 atom stereocenters. The number of sulfonamides is 1. The molecule has 8 heteroatoms. The van der Waals surface area contributed by atoms with Crippen molar-refractivity contribution >= 4 is 38.9 Å². The lowest BCUT2D eigenvalue weighted by Gasteiger charge is -2.12. The molecule has 30 heavy (non-hydrogen) atoms. The molecule has 0 saturated carbocycles. The summed E-state index contributed by atoms with van der Waals surface area (Å²) in [6.45, 7) is 3.97. The number of nitrogens with one attached hydrogen (secondary N) is 2. The van der Waals surface area contributed by atoms with E-state index >= 15 is 0 Å². The fourth-order valence-corrected chi connectivity index (χ4v) is 3.84. The van der Waals surface area contributed by atoms with Crippen LogP contribution in [0.3, 0.4) is 0 Å². The third-order valence-electron chi connectivity index (χ3n) is 4.00. The van der Waals surface area contributed by atoms with Crippen LogP contribution in [0.25, 0.3) is 0 Å². The summed E-state index contributed by atoms with van der Waals surface area (Å²) in [7, 11) is -3.79. The van der Waals surface area contributed by atoms with Crippen molar-refractivity contribution in [2.24, 2.45) is 0 Å². The summed E-state index contributed by atoms with van der Waals surface area (Å²) in [6, 6.07) is 19.1. The Morgan fingerprint density at radius 2 is 1.67 bits per heavy atom. The van der Waals surface area contributed by atoms with Gasteiger partial charge in [0.05, 0.1) is 15.5 Å². The Hall–Kier alpha value is -3.29. The second kappa shape index (κ2) is 9.47. The molecule has 154 valence electrons. The van der Waals surface area contributed by atoms with Crippen LogP contribution in [-0.4, -0.2) is 20.9 Å². The van der Waals surface area contributed by atoms with E-state index in [-0.39, 0.29) is 21.2 Å². The molecule has 3 aromatic carbocycles. The molecule has 0 fully saturated rings. The van der Waals surface area contributed by atoms with Gasteiger partial charge in [0.15, 0.2) is 0 Å². The van der Waals surface area contributed by atoms with Gasteiger partial charge < -0.3 is 10.1 Å². The van der Waals surface area contributed by atoms with Gasteiger partial charge in [-0.05, 0) is 54.6 Å². The Morgan fingerprint density at radius 1 is 1.00 bits per heavy atom. The number of rotatable bonds is 8. The van der Waals surface area contributed by atoms with Crippen LogP contribution in [0.1, 0.15) is 10.4 Å². The van der Waals surface area contributed by atoms with Crippen molar-refractivity contribution < 1.29 is 17.9 Å². The Kier molecular flexibility index (Phi) is 6.76. The third kappa shape index (κ3) is 5.40. The van der Waals surface area contributed by atoms with Gasteiger partial charge in [-0.25, -0.2) is 8.42 Å². The highest BCUT2D eigenvalue weighted by molar-refractivity contribution is 7.92. The summed E-state index contributed by atoms with van der Waals surface area (Å²) in [5.41, 5.74) is 0.899. The normalized spacial score (nSPS) is 10.8. The molecule has 2 N–H and O–H groups in total. The lowest BCUT2D eigenvalue weighted by atomic mass is 10.2. The molecule has 6 nitrogen and oxygen atoms in total. The van der Waals surface area contributed by atoms with Crippen molar-refractivity contribution in [3.8, 4) is 5.75 Å². The van der Waals surface area contributed by atoms with Crippen LogP contribution >= 0.6 is 11.6 Å². The van der Waals surface area contributed by atoms with E-state index in [9.17, 15) is 13.2 Å². The first-order valence-electron chi connectivity index (χ1n) is 8.91. The molecular weight excluding hydrogens is 424 g/mol. The van der Waals surface area contributed by atoms with E-state index < -0.39 is 15.9 Å².